The molecule has 0 spiro atoms. The molecule has 1 N–H and O–H groups in total. The first kappa shape index (κ1) is 17.0. The molecular formula is C13H14F3N3OS2. The first-order valence-corrected chi connectivity index (χ1v) is 8.14. The van der Waals surface area contributed by atoms with Crippen LogP contribution in [0.2, 0.25) is 0 Å². The predicted octanol–water partition coefficient (Wildman–Crippen LogP) is 3.91. The zero-order chi connectivity index (χ0) is 16.0. The monoisotopic (exact) mass is 349 g/mol. The molecule has 1 heterocycles. The van der Waals surface area contributed by atoms with Gasteiger partial charge >= 0.3 is 6.18 Å². The SMILES string of the molecule is COCCNc1nnc(SCc2cccc(C(F)(F)F)c2)s1. The fourth-order valence-electron chi connectivity index (χ4n) is 1.58. The van der Waals surface area contributed by atoms with Gasteiger partial charge in [0.15, 0.2) is 4.34 Å². The number of methoxy groups -OCH3 is 1. The van der Waals surface area contributed by atoms with Crippen LogP contribution < -0.4 is 5.32 Å². The lowest BCUT2D eigenvalue weighted by atomic mass is 10.1. The Morgan fingerprint density at radius 2 is 2.14 bits per heavy atom. The Morgan fingerprint density at radius 1 is 1.32 bits per heavy atom. The molecule has 22 heavy (non-hydrogen) atoms. The molecule has 0 aliphatic carbocycles. The number of hydrogen-bond donors (Lipinski definition) is 1. The van der Waals surface area contributed by atoms with Crippen LogP contribution in [0.3, 0.4) is 0 Å². The summed E-state index contributed by atoms with van der Waals surface area (Å²) in [6, 6.07) is 5.31. The van der Waals surface area contributed by atoms with Gasteiger partial charge in [-0.25, -0.2) is 0 Å². The van der Waals surface area contributed by atoms with Crippen LogP contribution in [0.5, 0.6) is 0 Å². The standard InChI is InChI=1S/C13H14F3N3OS2/c1-20-6-5-17-11-18-19-12(22-11)21-8-9-3-2-4-10(7-9)13(14,15)16/h2-4,7H,5-6,8H2,1H3,(H,17,18). The van der Waals surface area contributed by atoms with Crippen molar-refractivity contribution in [3.05, 3.63) is 35.4 Å². The Hall–Kier alpha value is -1.32. The average Bonchev–Trinajstić information content (AvgIpc) is 2.93. The van der Waals surface area contributed by atoms with Gasteiger partial charge < -0.3 is 10.1 Å². The first-order chi connectivity index (χ1) is 10.5. The van der Waals surface area contributed by atoms with Gasteiger partial charge in [-0.3, -0.25) is 0 Å². The van der Waals surface area contributed by atoms with Gasteiger partial charge in [-0.15, -0.1) is 10.2 Å². The summed E-state index contributed by atoms with van der Waals surface area (Å²) in [7, 11) is 1.61. The zero-order valence-corrected chi connectivity index (χ0v) is 13.3. The van der Waals surface area contributed by atoms with E-state index in [0.717, 1.165) is 12.1 Å². The third kappa shape index (κ3) is 5.15. The lowest BCUT2D eigenvalue weighted by Crippen LogP contribution is -2.06. The second kappa shape index (κ2) is 7.80. The highest BCUT2D eigenvalue weighted by molar-refractivity contribution is 8.00. The van der Waals surface area contributed by atoms with Crippen molar-refractivity contribution >= 4 is 28.2 Å². The minimum absolute atomic E-state index is 0.413. The number of aromatic nitrogens is 2. The van der Waals surface area contributed by atoms with Crippen LogP contribution in [-0.2, 0) is 16.7 Å². The zero-order valence-electron chi connectivity index (χ0n) is 11.7. The van der Waals surface area contributed by atoms with E-state index in [-0.39, 0.29) is 0 Å². The van der Waals surface area contributed by atoms with Gasteiger partial charge in [-0.1, -0.05) is 41.3 Å². The van der Waals surface area contributed by atoms with E-state index in [1.807, 2.05) is 0 Å². The largest absolute Gasteiger partial charge is 0.416 e. The Morgan fingerprint density at radius 3 is 2.86 bits per heavy atom. The predicted molar refractivity (Wildman–Crippen MR) is 81.3 cm³/mol. The van der Waals surface area contributed by atoms with Gasteiger partial charge in [0.05, 0.1) is 12.2 Å². The topological polar surface area (TPSA) is 47.0 Å². The lowest BCUT2D eigenvalue weighted by Gasteiger charge is -2.07. The summed E-state index contributed by atoms with van der Waals surface area (Å²) in [6.45, 7) is 1.19. The molecule has 2 aromatic rings. The number of ether oxygens (including phenoxy) is 1. The van der Waals surface area contributed by atoms with E-state index in [1.54, 1.807) is 13.2 Å². The minimum Gasteiger partial charge on any atom is -0.383 e. The maximum Gasteiger partial charge on any atom is 0.416 e. The third-order valence-corrected chi connectivity index (χ3v) is 4.69. The number of benzene rings is 1. The fourth-order valence-corrected chi connectivity index (χ4v) is 3.30. The molecule has 0 radical (unpaired) electrons. The molecule has 9 heteroatoms. The van der Waals surface area contributed by atoms with Crippen molar-refractivity contribution in [3.8, 4) is 0 Å². The minimum atomic E-state index is -4.32. The summed E-state index contributed by atoms with van der Waals surface area (Å²) in [4.78, 5) is 0. The van der Waals surface area contributed by atoms with Crippen LogP contribution in [0.1, 0.15) is 11.1 Å². The number of anilines is 1. The summed E-state index contributed by atoms with van der Waals surface area (Å²) in [5, 5.41) is 11.7. The van der Waals surface area contributed by atoms with E-state index < -0.39 is 11.7 Å². The van der Waals surface area contributed by atoms with Gasteiger partial charge in [0.2, 0.25) is 5.13 Å². The first-order valence-electron chi connectivity index (χ1n) is 6.34. The molecule has 2 rings (SSSR count). The summed E-state index contributed by atoms with van der Waals surface area (Å²) < 4.78 is 43.5. The Labute approximate surface area is 134 Å². The molecule has 1 aromatic carbocycles. The fraction of sp³-hybridized carbons (Fsp3) is 0.385. The molecule has 4 nitrogen and oxygen atoms in total. The second-order valence-electron chi connectivity index (χ2n) is 4.28. The molecule has 0 aliphatic rings. The van der Waals surface area contributed by atoms with Gasteiger partial charge in [-0.05, 0) is 11.6 Å². The number of rotatable bonds is 7. The number of thioether (sulfide) groups is 1. The molecule has 0 saturated heterocycles. The van der Waals surface area contributed by atoms with E-state index in [2.05, 4.69) is 15.5 Å². The molecule has 120 valence electrons. The summed E-state index contributed by atoms with van der Waals surface area (Å²) >= 11 is 2.72. The van der Waals surface area contributed by atoms with Crippen LogP contribution in [0.15, 0.2) is 28.6 Å². The molecule has 0 fully saturated rings. The van der Waals surface area contributed by atoms with Crippen molar-refractivity contribution in [1.82, 2.24) is 10.2 Å². The number of hydrogen-bond acceptors (Lipinski definition) is 6. The molecule has 0 saturated carbocycles. The molecule has 0 aliphatic heterocycles. The second-order valence-corrected chi connectivity index (χ2v) is 6.48. The van der Waals surface area contributed by atoms with Crippen molar-refractivity contribution in [2.45, 2.75) is 16.3 Å². The Kier molecular flexibility index (Phi) is 6.04. The van der Waals surface area contributed by atoms with Gasteiger partial charge in [0.25, 0.3) is 0 Å². The van der Waals surface area contributed by atoms with Crippen molar-refractivity contribution < 1.29 is 17.9 Å². The molecular weight excluding hydrogens is 335 g/mol. The lowest BCUT2D eigenvalue weighted by molar-refractivity contribution is -0.137. The molecule has 1 aromatic heterocycles. The van der Waals surface area contributed by atoms with E-state index in [9.17, 15) is 13.2 Å². The van der Waals surface area contributed by atoms with Crippen molar-refractivity contribution in [2.75, 3.05) is 25.6 Å². The third-order valence-electron chi connectivity index (χ3n) is 2.61. The average molecular weight is 349 g/mol. The molecule has 0 atom stereocenters. The highest BCUT2D eigenvalue weighted by atomic mass is 32.2. The number of nitrogens with one attached hydrogen (secondary N) is 1. The summed E-state index contributed by atoms with van der Waals surface area (Å²) in [6.07, 6.45) is -4.32. The summed E-state index contributed by atoms with van der Waals surface area (Å²) in [5.74, 6) is 0.413. The highest BCUT2D eigenvalue weighted by Crippen LogP contribution is 2.32. The van der Waals surface area contributed by atoms with E-state index in [4.69, 9.17) is 4.74 Å². The van der Waals surface area contributed by atoms with Crippen LogP contribution in [-0.4, -0.2) is 30.5 Å². The van der Waals surface area contributed by atoms with Gasteiger partial charge in [0, 0.05) is 19.4 Å². The van der Waals surface area contributed by atoms with Crippen molar-refractivity contribution in [2.24, 2.45) is 0 Å². The van der Waals surface area contributed by atoms with Gasteiger partial charge in [0.1, 0.15) is 0 Å². The number of nitrogens with zero attached hydrogens (tertiary/aromatic N) is 2. The van der Waals surface area contributed by atoms with Crippen molar-refractivity contribution in [1.29, 1.82) is 0 Å². The van der Waals surface area contributed by atoms with Crippen LogP contribution >= 0.6 is 23.1 Å². The highest BCUT2D eigenvalue weighted by Gasteiger charge is 2.30. The normalized spacial score (nSPS) is 11.6. The van der Waals surface area contributed by atoms with Crippen LogP contribution in [0.25, 0.3) is 0 Å². The van der Waals surface area contributed by atoms with E-state index in [1.165, 1.54) is 29.2 Å². The summed E-state index contributed by atoms with van der Waals surface area (Å²) in [5.41, 5.74) is -0.0336. The van der Waals surface area contributed by atoms with Crippen molar-refractivity contribution in [3.63, 3.8) is 0 Å². The molecule has 0 unspecified atom stereocenters. The van der Waals surface area contributed by atoms with E-state index in [0.29, 0.717) is 33.9 Å². The molecule has 0 amide bonds. The van der Waals surface area contributed by atoms with Crippen LogP contribution in [0, 0.1) is 0 Å². The smallest absolute Gasteiger partial charge is 0.383 e. The Balaban J connectivity index is 1.90. The number of alkyl halides is 3. The van der Waals surface area contributed by atoms with Gasteiger partial charge in [-0.2, -0.15) is 13.2 Å². The maximum atomic E-state index is 12.6. The Bertz CT molecular complexity index is 604. The van der Waals surface area contributed by atoms with E-state index >= 15 is 0 Å². The maximum absolute atomic E-state index is 12.6. The van der Waals surface area contributed by atoms with Crippen LogP contribution in [0.4, 0.5) is 18.3 Å². The quantitative estimate of drug-likeness (QED) is 0.607. The number of halogens is 3. The molecule has 0 bridgehead atoms.